The molecule has 2 N–H and O–H groups in total. The fourth-order valence-corrected chi connectivity index (χ4v) is 5.64. The predicted molar refractivity (Wildman–Crippen MR) is 140 cm³/mol. The van der Waals surface area contributed by atoms with Gasteiger partial charge in [-0.25, -0.2) is 9.79 Å². The normalized spacial score (nSPS) is 20.3. The van der Waals surface area contributed by atoms with Crippen molar-refractivity contribution in [3.63, 3.8) is 0 Å². The maximum atomic E-state index is 13.4. The number of nitrogens with zero attached hydrogens (tertiary/aromatic N) is 3. The number of amides is 3. The van der Waals surface area contributed by atoms with Gasteiger partial charge in [0.25, 0.3) is 5.91 Å². The molecular weight excluding hydrogens is 438 g/mol. The van der Waals surface area contributed by atoms with E-state index in [4.69, 9.17) is 4.99 Å². The molecule has 0 aromatic heterocycles. The van der Waals surface area contributed by atoms with E-state index in [1.165, 1.54) is 36.8 Å². The number of nitrogens with one attached hydrogen (secondary N) is 2. The molecule has 7 heteroatoms. The third-order valence-electron chi connectivity index (χ3n) is 7.65. The van der Waals surface area contributed by atoms with Crippen molar-refractivity contribution in [1.82, 2.24) is 10.2 Å². The van der Waals surface area contributed by atoms with E-state index in [1.54, 1.807) is 11.9 Å². The molecule has 2 aliphatic carbocycles. The standard InChI is InChI=1S/C28H35N5O2/c1-32(22-12-5-3-4-6-13-22)26-23-14-7-8-15-24(23)33(2)27(34)25(30-26)31-28(35)29-21-17-16-19-10-9-11-20(19)18-21/h7-8,14-18,22,25H,3-6,9-13H2,1-2H3,(H2,29,31,35)/t25-/m0/s1. The van der Waals surface area contributed by atoms with Crippen molar-refractivity contribution < 1.29 is 9.59 Å². The number of amidine groups is 1. The van der Waals surface area contributed by atoms with Crippen molar-refractivity contribution in [2.75, 3.05) is 24.3 Å². The summed E-state index contributed by atoms with van der Waals surface area (Å²) in [5.41, 5.74) is 5.10. The van der Waals surface area contributed by atoms with Gasteiger partial charge in [0.05, 0.1) is 5.69 Å². The van der Waals surface area contributed by atoms with Crippen molar-refractivity contribution in [1.29, 1.82) is 0 Å². The summed E-state index contributed by atoms with van der Waals surface area (Å²) in [5, 5.41) is 5.74. The van der Waals surface area contributed by atoms with Gasteiger partial charge in [-0.2, -0.15) is 0 Å². The molecular formula is C28H35N5O2. The number of carbonyl (C=O) groups excluding carboxylic acids is 2. The van der Waals surface area contributed by atoms with Gasteiger partial charge in [0.2, 0.25) is 6.17 Å². The van der Waals surface area contributed by atoms with Crippen molar-refractivity contribution in [2.24, 2.45) is 4.99 Å². The van der Waals surface area contributed by atoms with Crippen LogP contribution < -0.4 is 15.5 Å². The van der Waals surface area contributed by atoms with Crippen LogP contribution in [0.25, 0.3) is 0 Å². The Labute approximate surface area is 207 Å². The number of rotatable bonds is 3. The molecule has 1 aliphatic heterocycles. The summed E-state index contributed by atoms with van der Waals surface area (Å²) in [5.74, 6) is 0.499. The monoisotopic (exact) mass is 473 g/mol. The van der Waals surface area contributed by atoms with Crippen molar-refractivity contribution in [3.8, 4) is 0 Å². The summed E-state index contributed by atoms with van der Waals surface area (Å²) in [4.78, 5) is 35.1. The molecule has 35 heavy (non-hydrogen) atoms. The first-order chi connectivity index (χ1) is 17.0. The zero-order chi connectivity index (χ0) is 24.4. The van der Waals surface area contributed by atoms with Gasteiger partial charge >= 0.3 is 6.03 Å². The zero-order valence-electron chi connectivity index (χ0n) is 20.7. The second-order valence-electron chi connectivity index (χ2n) is 9.96. The number of likely N-dealkylation sites (N-methyl/N-ethyl adjacent to an activating group) is 1. The highest BCUT2D eigenvalue weighted by Gasteiger charge is 2.33. The van der Waals surface area contributed by atoms with Crippen LogP contribution in [0, 0.1) is 0 Å². The van der Waals surface area contributed by atoms with Crippen LogP contribution in [0.1, 0.15) is 61.6 Å². The van der Waals surface area contributed by atoms with Gasteiger partial charge in [0.15, 0.2) is 0 Å². The van der Waals surface area contributed by atoms with Crippen molar-refractivity contribution in [2.45, 2.75) is 70.0 Å². The van der Waals surface area contributed by atoms with E-state index in [0.29, 0.717) is 6.04 Å². The van der Waals surface area contributed by atoms with Crippen molar-refractivity contribution in [3.05, 3.63) is 59.2 Å². The first-order valence-corrected chi connectivity index (χ1v) is 12.9. The Bertz CT molecular complexity index is 1140. The number of aliphatic imine (C=N–C) groups is 1. The van der Waals surface area contributed by atoms with E-state index >= 15 is 0 Å². The van der Waals surface area contributed by atoms with Gasteiger partial charge < -0.3 is 20.4 Å². The summed E-state index contributed by atoms with van der Waals surface area (Å²) < 4.78 is 0. The Morgan fingerprint density at radius 2 is 1.74 bits per heavy atom. The lowest BCUT2D eigenvalue weighted by atomic mass is 10.0. The number of hydrogen-bond acceptors (Lipinski definition) is 4. The molecule has 3 aliphatic rings. The van der Waals surface area contributed by atoms with E-state index in [0.717, 1.165) is 54.9 Å². The molecule has 1 fully saturated rings. The summed E-state index contributed by atoms with van der Waals surface area (Å²) in [6, 6.07) is 13.8. The Balaban J connectivity index is 1.41. The van der Waals surface area contributed by atoms with Crippen LogP contribution in [0.5, 0.6) is 0 Å². The number of para-hydroxylation sites is 1. The number of fused-ring (bicyclic) bond motifs is 2. The smallest absolute Gasteiger partial charge is 0.321 e. The Morgan fingerprint density at radius 3 is 2.54 bits per heavy atom. The van der Waals surface area contributed by atoms with Gasteiger partial charge in [-0.15, -0.1) is 0 Å². The summed E-state index contributed by atoms with van der Waals surface area (Å²) in [6.07, 6.45) is 9.43. The summed E-state index contributed by atoms with van der Waals surface area (Å²) >= 11 is 0. The van der Waals surface area contributed by atoms with E-state index in [1.807, 2.05) is 36.4 Å². The molecule has 184 valence electrons. The molecule has 0 bridgehead atoms. The lowest BCUT2D eigenvalue weighted by Crippen LogP contribution is -2.48. The topological polar surface area (TPSA) is 77.0 Å². The highest BCUT2D eigenvalue weighted by molar-refractivity contribution is 6.12. The average Bonchev–Trinajstić information content (AvgIpc) is 3.11. The predicted octanol–water partition coefficient (Wildman–Crippen LogP) is 4.70. The summed E-state index contributed by atoms with van der Waals surface area (Å²) in [6.45, 7) is 0. The third kappa shape index (κ3) is 4.90. The number of aryl methyl sites for hydroxylation is 2. The highest BCUT2D eigenvalue weighted by atomic mass is 16.2. The number of hydrogen-bond donors (Lipinski definition) is 2. The molecule has 0 spiro atoms. The number of benzene rings is 2. The van der Waals surface area contributed by atoms with Crippen LogP contribution in [0.3, 0.4) is 0 Å². The SMILES string of the molecule is CN1C(=O)[C@H](NC(=O)Nc2ccc3c(c2)CCC3)N=C(N(C)C2CCCCCC2)c2ccccc21. The molecule has 5 rings (SSSR count). The van der Waals surface area contributed by atoms with E-state index < -0.39 is 12.2 Å². The molecule has 0 unspecified atom stereocenters. The minimum absolute atomic E-state index is 0.259. The molecule has 1 heterocycles. The van der Waals surface area contributed by atoms with Gasteiger partial charge in [-0.05, 0) is 67.5 Å². The average molecular weight is 474 g/mol. The fourth-order valence-electron chi connectivity index (χ4n) is 5.64. The maximum Gasteiger partial charge on any atom is 0.321 e. The fraction of sp³-hybridized carbons (Fsp3) is 0.464. The summed E-state index contributed by atoms with van der Waals surface area (Å²) in [7, 11) is 3.82. The zero-order valence-corrected chi connectivity index (χ0v) is 20.7. The van der Waals surface area contributed by atoms with Crippen LogP contribution in [-0.4, -0.2) is 49.0 Å². The van der Waals surface area contributed by atoms with Gasteiger partial charge in [-0.1, -0.05) is 43.9 Å². The van der Waals surface area contributed by atoms with Gasteiger partial charge in [0.1, 0.15) is 5.84 Å². The lowest BCUT2D eigenvalue weighted by molar-refractivity contribution is -0.119. The molecule has 0 radical (unpaired) electrons. The van der Waals surface area contributed by atoms with Crippen molar-refractivity contribution >= 4 is 29.1 Å². The first-order valence-electron chi connectivity index (χ1n) is 12.9. The molecule has 3 amide bonds. The van der Waals surface area contributed by atoms with E-state index in [9.17, 15) is 9.59 Å². The van der Waals surface area contributed by atoms with Crippen LogP contribution in [0.15, 0.2) is 47.5 Å². The Morgan fingerprint density at radius 1 is 1.00 bits per heavy atom. The van der Waals surface area contributed by atoms with Crippen LogP contribution >= 0.6 is 0 Å². The van der Waals surface area contributed by atoms with Gasteiger partial charge in [0, 0.05) is 31.4 Å². The van der Waals surface area contributed by atoms with Crippen LogP contribution in [0.2, 0.25) is 0 Å². The number of carbonyl (C=O) groups is 2. The minimum atomic E-state index is -1.01. The highest BCUT2D eigenvalue weighted by Crippen LogP contribution is 2.29. The molecule has 1 atom stereocenters. The Kier molecular flexibility index (Phi) is 6.75. The second-order valence-corrected chi connectivity index (χ2v) is 9.96. The van der Waals surface area contributed by atoms with Crippen LogP contribution in [0.4, 0.5) is 16.2 Å². The third-order valence-corrected chi connectivity index (χ3v) is 7.65. The molecule has 1 saturated carbocycles. The number of benzodiazepines with no additional fused rings is 1. The Hall–Kier alpha value is -3.35. The number of urea groups is 1. The first kappa shape index (κ1) is 23.4. The molecule has 2 aromatic carbocycles. The van der Waals surface area contributed by atoms with E-state index in [-0.39, 0.29) is 5.91 Å². The second kappa shape index (κ2) is 10.1. The molecule has 2 aromatic rings. The minimum Gasteiger partial charge on any atom is -0.356 e. The largest absolute Gasteiger partial charge is 0.356 e. The van der Waals surface area contributed by atoms with Gasteiger partial charge in [-0.3, -0.25) is 4.79 Å². The van der Waals surface area contributed by atoms with E-state index in [2.05, 4.69) is 28.6 Å². The molecule has 0 saturated heterocycles. The number of anilines is 2. The maximum absolute atomic E-state index is 13.4. The quantitative estimate of drug-likeness (QED) is 0.635. The van der Waals surface area contributed by atoms with Crippen LogP contribution in [-0.2, 0) is 17.6 Å². The molecule has 7 nitrogen and oxygen atoms in total. The lowest BCUT2D eigenvalue weighted by Gasteiger charge is -2.31.